The molecule has 0 spiro atoms. The number of halogens is 1. The van der Waals surface area contributed by atoms with Crippen LogP contribution in [0.5, 0.6) is 11.5 Å². The maximum atomic E-state index is 14.6. The number of fused-ring (bicyclic) bond motifs is 3. The zero-order valence-electron chi connectivity index (χ0n) is 20.2. The minimum atomic E-state index is -0.263. The first-order chi connectivity index (χ1) is 16.6. The lowest BCUT2D eigenvalue weighted by molar-refractivity contribution is -0.00703. The molecule has 2 aliphatic rings. The van der Waals surface area contributed by atoms with Gasteiger partial charge in [0.2, 0.25) is 0 Å². The smallest absolute Gasteiger partial charge is 0.257 e. The molecule has 0 radical (unpaired) electrons. The van der Waals surface area contributed by atoms with Crippen LogP contribution in [0, 0.1) is 11.7 Å². The van der Waals surface area contributed by atoms with E-state index in [1.807, 2.05) is 29.2 Å². The highest BCUT2D eigenvalue weighted by molar-refractivity contribution is 5.97. The molecule has 7 heteroatoms. The summed E-state index contributed by atoms with van der Waals surface area (Å²) in [5.41, 5.74) is 1.24. The van der Waals surface area contributed by atoms with Gasteiger partial charge in [0.15, 0.2) is 0 Å². The molecule has 2 heterocycles. The second kappa shape index (κ2) is 11.7. The van der Waals surface area contributed by atoms with Crippen molar-refractivity contribution in [3.8, 4) is 11.5 Å². The van der Waals surface area contributed by atoms with Crippen LogP contribution >= 0.6 is 0 Å². The first-order valence-electron chi connectivity index (χ1n) is 12.2. The van der Waals surface area contributed by atoms with Gasteiger partial charge in [0.05, 0.1) is 18.8 Å². The molecule has 4 rings (SSSR count). The number of rotatable bonds is 4. The Hall–Kier alpha value is -2.64. The first kappa shape index (κ1) is 24.5. The van der Waals surface area contributed by atoms with E-state index >= 15 is 0 Å². The van der Waals surface area contributed by atoms with E-state index in [1.54, 1.807) is 19.2 Å². The Bertz CT molecular complexity index is 969. The zero-order chi connectivity index (χ0) is 23.9. The van der Waals surface area contributed by atoms with E-state index in [1.165, 1.54) is 13.2 Å². The van der Waals surface area contributed by atoms with E-state index in [9.17, 15) is 9.18 Å². The number of methoxy groups -OCH3 is 2. The molecule has 1 saturated heterocycles. The first-order valence-corrected chi connectivity index (χ1v) is 12.2. The van der Waals surface area contributed by atoms with Gasteiger partial charge in [-0.1, -0.05) is 24.6 Å². The van der Waals surface area contributed by atoms with Gasteiger partial charge in [-0.3, -0.25) is 9.69 Å². The Morgan fingerprint density at radius 3 is 2.71 bits per heavy atom. The summed E-state index contributed by atoms with van der Waals surface area (Å²) in [4.78, 5) is 17.5. The van der Waals surface area contributed by atoms with Crippen LogP contribution in [0.4, 0.5) is 4.39 Å². The molecule has 0 aromatic heterocycles. The van der Waals surface area contributed by atoms with Crippen molar-refractivity contribution >= 4 is 5.91 Å². The second-order valence-corrected chi connectivity index (χ2v) is 9.15. The summed E-state index contributed by atoms with van der Waals surface area (Å²) in [6.45, 7) is 3.81. The molecule has 0 aliphatic carbocycles. The van der Waals surface area contributed by atoms with Crippen molar-refractivity contribution in [2.75, 3.05) is 47.0 Å². The number of nitrogens with zero attached hydrogens (tertiary/aromatic N) is 2. The van der Waals surface area contributed by atoms with Crippen molar-refractivity contribution in [1.82, 2.24) is 9.80 Å². The lowest BCUT2D eigenvalue weighted by Gasteiger charge is -2.38. The Morgan fingerprint density at radius 2 is 1.91 bits per heavy atom. The summed E-state index contributed by atoms with van der Waals surface area (Å²) < 4.78 is 31.6. The standard InChI is InChI=1S/C27H35FN2O4/c1-32-22-11-10-20(24(28)17-22)18-29-13-6-5-7-21-19-30(14-12-25(21)33-2)27(31)23-8-3-4-9-26(23)34-16-15-29/h3-4,8-11,17,21,25H,5-7,12-16,18-19H2,1-2H3/t21-,25+/m0/s1. The molecule has 184 valence electrons. The average Bonchev–Trinajstić information content (AvgIpc) is 2.86. The van der Waals surface area contributed by atoms with Crippen molar-refractivity contribution in [2.45, 2.75) is 38.3 Å². The van der Waals surface area contributed by atoms with Gasteiger partial charge >= 0.3 is 0 Å². The van der Waals surface area contributed by atoms with Crippen LogP contribution in [0.2, 0.25) is 0 Å². The fourth-order valence-corrected chi connectivity index (χ4v) is 5.04. The molecule has 0 N–H and O–H groups in total. The van der Waals surface area contributed by atoms with Gasteiger partial charge in [-0.25, -0.2) is 4.39 Å². The summed E-state index contributed by atoms with van der Waals surface area (Å²) in [6, 6.07) is 12.5. The van der Waals surface area contributed by atoms with Crippen molar-refractivity contribution in [3.63, 3.8) is 0 Å². The molecule has 2 bridgehead atoms. The number of piperidine rings is 1. The van der Waals surface area contributed by atoms with E-state index in [-0.39, 0.29) is 17.8 Å². The number of hydrogen-bond acceptors (Lipinski definition) is 5. The normalized spacial score (nSPS) is 22.4. The Kier molecular flexibility index (Phi) is 8.40. The summed E-state index contributed by atoms with van der Waals surface area (Å²) in [5.74, 6) is 1.18. The monoisotopic (exact) mass is 470 g/mol. The van der Waals surface area contributed by atoms with Gasteiger partial charge in [-0.15, -0.1) is 0 Å². The minimum Gasteiger partial charge on any atom is -0.497 e. The lowest BCUT2D eigenvalue weighted by atomic mass is 9.89. The predicted octanol–water partition coefficient (Wildman–Crippen LogP) is 4.38. The summed E-state index contributed by atoms with van der Waals surface area (Å²) in [5, 5.41) is 0. The second-order valence-electron chi connectivity index (χ2n) is 9.15. The van der Waals surface area contributed by atoms with Crippen LogP contribution in [0.25, 0.3) is 0 Å². The molecule has 34 heavy (non-hydrogen) atoms. The largest absolute Gasteiger partial charge is 0.497 e. The van der Waals surface area contributed by atoms with Gasteiger partial charge in [-0.2, -0.15) is 0 Å². The van der Waals surface area contributed by atoms with Crippen LogP contribution in [-0.4, -0.2) is 68.8 Å². The molecule has 0 unspecified atom stereocenters. The van der Waals surface area contributed by atoms with Crippen LogP contribution in [0.3, 0.4) is 0 Å². The molecular weight excluding hydrogens is 435 g/mol. The molecule has 2 aromatic carbocycles. The van der Waals surface area contributed by atoms with E-state index in [4.69, 9.17) is 14.2 Å². The number of ether oxygens (including phenoxy) is 3. The third-order valence-corrected chi connectivity index (χ3v) is 6.99. The van der Waals surface area contributed by atoms with Crippen LogP contribution < -0.4 is 9.47 Å². The van der Waals surface area contributed by atoms with E-state index in [2.05, 4.69) is 4.90 Å². The highest BCUT2D eigenvalue weighted by Crippen LogP contribution is 2.28. The van der Waals surface area contributed by atoms with Crippen molar-refractivity contribution in [2.24, 2.45) is 5.92 Å². The van der Waals surface area contributed by atoms with Crippen LogP contribution in [-0.2, 0) is 11.3 Å². The van der Waals surface area contributed by atoms with Gasteiger partial charge in [0, 0.05) is 50.8 Å². The average molecular weight is 471 g/mol. The summed E-state index contributed by atoms with van der Waals surface area (Å²) in [7, 11) is 3.30. The highest BCUT2D eigenvalue weighted by atomic mass is 19.1. The number of benzene rings is 2. The van der Waals surface area contributed by atoms with Crippen molar-refractivity contribution < 1.29 is 23.4 Å². The Labute approximate surface area is 201 Å². The molecule has 1 amide bonds. The maximum absolute atomic E-state index is 14.6. The molecule has 2 atom stereocenters. The topological polar surface area (TPSA) is 51.2 Å². The molecular formula is C27H35FN2O4. The molecule has 2 aromatic rings. The lowest BCUT2D eigenvalue weighted by Crippen LogP contribution is -2.46. The quantitative estimate of drug-likeness (QED) is 0.664. The van der Waals surface area contributed by atoms with Gasteiger partial charge in [0.1, 0.15) is 23.9 Å². The van der Waals surface area contributed by atoms with Crippen molar-refractivity contribution in [3.05, 3.63) is 59.4 Å². The molecule has 6 nitrogen and oxygen atoms in total. The summed E-state index contributed by atoms with van der Waals surface area (Å²) in [6.07, 6.45) is 4.05. The number of carbonyl (C=O) groups excluding carboxylic acids is 1. The minimum absolute atomic E-state index is 0.0179. The van der Waals surface area contributed by atoms with Crippen LogP contribution in [0.1, 0.15) is 41.6 Å². The van der Waals surface area contributed by atoms with E-state index < -0.39 is 0 Å². The fraction of sp³-hybridized carbons (Fsp3) is 0.519. The van der Waals surface area contributed by atoms with Gasteiger partial charge < -0.3 is 19.1 Å². The molecule has 1 fully saturated rings. The SMILES string of the molecule is COc1ccc(CN2CCCC[C@H]3CN(CC[C@H]3OC)C(=O)c3ccccc3OCC2)c(F)c1. The Balaban J connectivity index is 1.53. The third kappa shape index (κ3) is 5.88. The van der Waals surface area contributed by atoms with Gasteiger partial charge in [-0.05, 0) is 44.0 Å². The maximum Gasteiger partial charge on any atom is 0.257 e. The number of hydrogen-bond donors (Lipinski definition) is 0. The van der Waals surface area contributed by atoms with Gasteiger partial charge in [0.25, 0.3) is 5.91 Å². The number of carbonyl (C=O) groups is 1. The van der Waals surface area contributed by atoms with Crippen LogP contribution in [0.15, 0.2) is 42.5 Å². The highest BCUT2D eigenvalue weighted by Gasteiger charge is 2.32. The molecule has 0 saturated carbocycles. The van der Waals surface area contributed by atoms with Crippen molar-refractivity contribution in [1.29, 1.82) is 0 Å². The number of amides is 1. The Morgan fingerprint density at radius 1 is 1.06 bits per heavy atom. The predicted molar refractivity (Wildman–Crippen MR) is 129 cm³/mol. The molecule has 2 aliphatic heterocycles. The van der Waals surface area contributed by atoms with E-state index in [0.29, 0.717) is 61.3 Å². The fourth-order valence-electron chi connectivity index (χ4n) is 5.04. The summed E-state index contributed by atoms with van der Waals surface area (Å²) >= 11 is 0. The third-order valence-electron chi connectivity index (χ3n) is 6.99. The number of para-hydroxylation sites is 1. The zero-order valence-corrected chi connectivity index (χ0v) is 20.2. The van der Waals surface area contributed by atoms with E-state index in [0.717, 1.165) is 32.2 Å².